The Morgan fingerprint density at radius 1 is 1.40 bits per heavy atom. The Morgan fingerprint density at radius 3 is 2.91 bits per heavy atom. The summed E-state index contributed by atoms with van der Waals surface area (Å²) in [5, 5.41) is 22.6. The summed E-state index contributed by atoms with van der Waals surface area (Å²) >= 11 is 2.88. The van der Waals surface area contributed by atoms with Gasteiger partial charge in [-0.3, -0.25) is 4.79 Å². The Hall–Kier alpha value is -2.83. The van der Waals surface area contributed by atoms with Gasteiger partial charge < -0.3 is 14.6 Å². The minimum atomic E-state index is -0.292. The van der Waals surface area contributed by atoms with Crippen molar-refractivity contribution in [2.24, 2.45) is 13.0 Å². The molecule has 2 heterocycles. The standard InChI is InChI=1S/C26H31N5O2S2/c1-6-18-8-9-19-20(13-27)25(35-22(19)12-18)28-23(32)14-34-26-30-29-24(31(26)5)17(4)33-21-10-7-15(2)11-16(21)3/h7,10-11,17-18H,6,8-9,12,14H2,1-5H3,(H,28,32). The smallest absolute Gasteiger partial charge is 0.235 e. The normalized spacial score (nSPS) is 15.8. The van der Waals surface area contributed by atoms with Crippen molar-refractivity contribution >= 4 is 34.0 Å². The molecule has 0 spiro atoms. The van der Waals surface area contributed by atoms with E-state index in [1.807, 2.05) is 37.6 Å². The number of benzene rings is 1. The maximum absolute atomic E-state index is 12.7. The second-order valence-corrected chi connectivity index (χ2v) is 11.2. The summed E-state index contributed by atoms with van der Waals surface area (Å²) in [7, 11) is 1.88. The molecule has 1 amide bonds. The number of anilines is 1. The van der Waals surface area contributed by atoms with Crippen molar-refractivity contribution in [3.05, 3.63) is 51.2 Å². The summed E-state index contributed by atoms with van der Waals surface area (Å²) < 4.78 is 7.99. The fourth-order valence-corrected chi connectivity index (χ4v) is 6.53. The van der Waals surface area contributed by atoms with Gasteiger partial charge in [-0.2, -0.15) is 5.26 Å². The third-order valence-electron chi connectivity index (χ3n) is 6.51. The van der Waals surface area contributed by atoms with E-state index in [1.165, 1.54) is 22.2 Å². The second kappa shape index (κ2) is 10.8. The predicted molar refractivity (Wildman–Crippen MR) is 140 cm³/mol. The number of carbonyl (C=O) groups excluding carboxylic acids is 1. The van der Waals surface area contributed by atoms with E-state index in [1.54, 1.807) is 11.3 Å². The number of thioether (sulfide) groups is 1. The second-order valence-electron chi connectivity index (χ2n) is 9.10. The molecule has 7 nitrogen and oxygen atoms in total. The largest absolute Gasteiger partial charge is 0.482 e. The van der Waals surface area contributed by atoms with E-state index in [-0.39, 0.29) is 17.8 Å². The number of carbonyl (C=O) groups is 1. The van der Waals surface area contributed by atoms with Crippen molar-refractivity contribution in [3.63, 3.8) is 0 Å². The number of aromatic nitrogens is 3. The van der Waals surface area contributed by atoms with Gasteiger partial charge in [0.25, 0.3) is 0 Å². The van der Waals surface area contributed by atoms with E-state index < -0.39 is 0 Å². The molecule has 35 heavy (non-hydrogen) atoms. The number of amides is 1. The lowest BCUT2D eigenvalue weighted by atomic mass is 9.86. The third kappa shape index (κ3) is 5.54. The highest BCUT2D eigenvalue weighted by Crippen LogP contribution is 2.40. The number of nitrogens with one attached hydrogen (secondary N) is 1. The minimum Gasteiger partial charge on any atom is -0.482 e. The fourth-order valence-electron chi connectivity index (χ4n) is 4.48. The fraction of sp³-hybridized carbons (Fsp3) is 0.462. The Bertz CT molecular complexity index is 1270. The van der Waals surface area contributed by atoms with Gasteiger partial charge in [0.1, 0.15) is 16.8 Å². The van der Waals surface area contributed by atoms with Crippen LogP contribution < -0.4 is 10.1 Å². The lowest BCUT2D eigenvalue weighted by Crippen LogP contribution is -2.15. The van der Waals surface area contributed by atoms with Gasteiger partial charge in [-0.05, 0) is 63.1 Å². The summed E-state index contributed by atoms with van der Waals surface area (Å²) in [6.07, 6.45) is 3.88. The zero-order chi connectivity index (χ0) is 25.1. The van der Waals surface area contributed by atoms with Gasteiger partial charge in [0.15, 0.2) is 17.1 Å². The van der Waals surface area contributed by atoms with Crippen LogP contribution in [0.2, 0.25) is 0 Å². The van der Waals surface area contributed by atoms with Crippen molar-refractivity contribution in [2.75, 3.05) is 11.1 Å². The van der Waals surface area contributed by atoms with Crippen LogP contribution in [0.15, 0.2) is 23.4 Å². The van der Waals surface area contributed by atoms with E-state index in [0.29, 0.717) is 27.5 Å². The molecular formula is C26H31N5O2S2. The molecule has 1 aliphatic carbocycles. The van der Waals surface area contributed by atoms with E-state index in [4.69, 9.17) is 4.74 Å². The topological polar surface area (TPSA) is 92.8 Å². The van der Waals surface area contributed by atoms with Gasteiger partial charge in [0.2, 0.25) is 5.91 Å². The first kappa shape index (κ1) is 25.3. The molecule has 1 aliphatic rings. The van der Waals surface area contributed by atoms with Gasteiger partial charge in [-0.1, -0.05) is 42.8 Å². The van der Waals surface area contributed by atoms with Gasteiger partial charge in [-0.15, -0.1) is 21.5 Å². The van der Waals surface area contributed by atoms with E-state index in [0.717, 1.165) is 42.6 Å². The highest BCUT2D eigenvalue weighted by Gasteiger charge is 2.26. The zero-order valence-electron chi connectivity index (χ0n) is 20.8. The molecule has 2 aromatic heterocycles. The molecule has 2 unspecified atom stereocenters. The number of hydrogen-bond acceptors (Lipinski definition) is 7. The average molecular weight is 510 g/mol. The maximum atomic E-state index is 12.7. The molecule has 2 atom stereocenters. The van der Waals surface area contributed by atoms with Crippen LogP contribution in [-0.2, 0) is 24.7 Å². The molecule has 0 saturated heterocycles. The number of aryl methyl sites for hydroxylation is 2. The van der Waals surface area contributed by atoms with Gasteiger partial charge in [-0.25, -0.2) is 0 Å². The molecule has 0 aliphatic heterocycles. The summed E-state index contributed by atoms with van der Waals surface area (Å²) in [5.74, 6) is 2.20. The highest BCUT2D eigenvalue weighted by atomic mass is 32.2. The van der Waals surface area contributed by atoms with Crippen LogP contribution in [0.1, 0.15) is 65.7 Å². The Labute approximate surface area is 214 Å². The molecule has 1 aromatic carbocycles. The first-order valence-electron chi connectivity index (χ1n) is 11.9. The molecule has 3 aromatic rings. The SMILES string of the molecule is CCC1CCc2c(sc(NC(=O)CSc3nnc(C(C)Oc4ccc(C)cc4C)n3C)c2C#N)C1. The highest BCUT2D eigenvalue weighted by molar-refractivity contribution is 7.99. The predicted octanol–water partition coefficient (Wildman–Crippen LogP) is 5.75. The van der Waals surface area contributed by atoms with Gasteiger partial charge in [0.05, 0.1) is 11.3 Å². The third-order valence-corrected chi connectivity index (χ3v) is 8.70. The summed E-state index contributed by atoms with van der Waals surface area (Å²) in [6.45, 7) is 8.23. The summed E-state index contributed by atoms with van der Waals surface area (Å²) in [4.78, 5) is 14.0. The minimum absolute atomic E-state index is 0.152. The molecule has 1 N–H and O–H groups in total. The van der Waals surface area contributed by atoms with Gasteiger partial charge in [0, 0.05) is 11.9 Å². The molecule has 9 heteroatoms. The van der Waals surface area contributed by atoms with Crippen molar-refractivity contribution in [3.8, 4) is 11.8 Å². The molecule has 0 bridgehead atoms. The monoisotopic (exact) mass is 509 g/mol. The molecule has 0 fully saturated rings. The lowest BCUT2D eigenvalue weighted by molar-refractivity contribution is -0.113. The molecule has 0 saturated carbocycles. The number of nitrogens with zero attached hydrogens (tertiary/aromatic N) is 4. The number of ether oxygens (including phenoxy) is 1. The van der Waals surface area contributed by atoms with Crippen LogP contribution in [0.5, 0.6) is 5.75 Å². The van der Waals surface area contributed by atoms with Crippen molar-refractivity contribution < 1.29 is 9.53 Å². The van der Waals surface area contributed by atoms with Crippen LogP contribution in [0.4, 0.5) is 5.00 Å². The average Bonchev–Trinajstić information content (AvgIpc) is 3.37. The van der Waals surface area contributed by atoms with Crippen molar-refractivity contribution in [1.29, 1.82) is 5.26 Å². The van der Waals surface area contributed by atoms with Gasteiger partial charge >= 0.3 is 0 Å². The maximum Gasteiger partial charge on any atom is 0.235 e. The zero-order valence-corrected chi connectivity index (χ0v) is 22.5. The van der Waals surface area contributed by atoms with Crippen molar-refractivity contribution in [1.82, 2.24) is 14.8 Å². The summed E-state index contributed by atoms with van der Waals surface area (Å²) in [5.41, 5.74) is 4.02. The number of nitriles is 1. The molecule has 184 valence electrons. The van der Waals surface area contributed by atoms with E-state index in [2.05, 4.69) is 41.5 Å². The van der Waals surface area contributed by atoms with Crippen LogP contribution in [0, 0.1) is 31.1 Å². The Morgan fingerprint density at radius 2 is 2.20 bits per heavy atom. The lowest BCUT2D eigenvalue weighted by Gasteiger charge is -2.20. The number of fused-ring (bicyclic) bond motifs is 1. The first-order valence-corrected chi connectivity index (χ1v) is 13.7. The molecule has 0 radical (unpaired) electrons. The number of hydrogen-bond donors (Lipinski definition) is 1. The summed E-state index contributed by atoms with van der Waals surface area (Å²) in [6, 6.07) is 8.40. The van der Waals surface area contributed by atoms with Crippen LogP contribution >= 0.6 is 23.1 Å². The van der Waals surface area contributed by atoms with E-state index >= 15 is 0 Å². The van der Waals surface area contributed by atoms with Crippen LogP contribution in [-0.4, -0.2) is 26.4 Å². The van der Waals surface area contributed by atoms with Crippen LogP contribution in [0.25, 0.3) is 0 Å². The Balaban J connectivity index is 1.38. The Kier molecular flexibility index (Phi) is 7.82. The quantitative estimate of drug-likeness (QED) is 0.389. The number of rotatable bonds is 8. The molecular weight excluding hydrogens is 478 g/mol. The van der Waals surface area contributed by atoms with Crippen LogP contribution in [0.3, 0.4) is 0 Å². The van der Waals surface area contributed by atoms with E-state index in [9.17, 15) is 10.1 Å². The van der Waals surface area contributed by atoms with Crippen molar-refractivity contribution in [2.45, 2.75) is 64.6 Å². The number of thiophene rings is 1. The molecule has 4 rings (SSSR count). The first-order chi connectivity index (χ1) is 16.8.